The molecule has 1 amide bonds. The van der Waals surface area contributed by atoms with E-state index in [4.69, 9.17) is 9.84 Å². The molecule has 0 aromatic rings. The first-order valence-electron chi connectivity index (χ1n) is 5.62. The largest absolute Gasteiger partial charge is 0.481 e. The molecule has 0 aromatic carbocycles. The van der Waals surface area contributed by atoms with Gasteiger partial charge in [-0.05, 0) is 26.2 Å². The number of carboxylic acids is 1. The molecule has 5 heteroatoms. The summed E-state index contributed by atoms with van der Waals surface area (Å²) in [5.41, 5.74) is -0.232. The Balaban J connectivity index is 2.13. The van der Waals surface area contributed by atoms with Crippen LogP contribution in [-0.4, -0.2) is 35.7 Å². The van der Waals surface area contributed by atoms with Gasteiger partial charge in [0.25, 0.3) is 0 Å². The highest BCUT2D eigenvalue weighted by molar-refractivity contribution is 5.76. The number of nitrogens with one attached hydrogen (secondary N) is 1. The Bertz CT molecular complexity index is 259. The summed E-state index contributed by atoms with van der Waals surface area (Å²) in [4.78, 5) is 21.8. The second kappa shape index (κ2) is 5.84. The summed E-state index contributed by atoms with van der Waals surface area (Å²) in [6.45, 7) is 3.22. The van der Waals surface area contributed by atoms with Gasteiger partial charge in [0.05, 0.1) is 12.1 Å². The van der Waals surface area contributed by atoms with E-state index in [9.17, 15) is 9.59 Å². The third kappa shape index (κ3) is 4.61. The van der Waals surface area contributed by atoms with Crippen molar-refractivity contribution < 1.29 is 19.4 Å². The number of amides is 1. The van der Waals surface area contributed by atoms with Crippen molar-refractivity contribution in [3.05, 3.63) is 0 Å². The van der Waals surface area contributed by atoms with Gasteiger partial charge in [-0.1, -0.05) is 0 Å². The molecule has 0 aliphatic carbocycles. The highest BCUT2D eigenvalue weighted by Gasteiger charge is 2.30. The van der Waals surface area contributed by atoms with Crippen LogP contribution in [0.1, 0.15) is 39.0 Å². The molecule has 92 valence electrons. The summed E-state index contributed by atoms with van der Waals surface area (Å²) in [5, 5.41) is 11.4. The topological polar surface area (TPSA) is 75.6 Å². The molecule has 1 saturated heterocycles. The van der Waals surface area contributed by atoms with E-state index in [1.165, 1.54) is 0 Å². The van der Waals surface area contributed by atoms with Gasteiger partial charge in [-0.2, -0.15) is 0 Å². The number of aliphatic carboxylic acids is 1. The molecule has 16 heavy (non-hydrogen) atoms. The Kier molecular flexibility index (Phi) is 4.73. The maximum Gasteiger partial charge on any atom is 0.303 e. The predicted molar refractivity (Wildman–Crippen MR) is 58.1 cm³/mol. The van der Waals surface area contributed by atoms with Crippen LogP contribution in [-0.2, 0) is 14.3 Å². The summed E-state index contributed by atoms with van der Waals surface area (Å²) in [7, 11) is 0. The molecule has 1 fully saturated rings. The smallest absolute Gasteiger partial charge is 0.303 e. The van der Waals surface area contributed by atoms with E-state index in [0.29, 0.717) is 32.5 Å². The molecule has 0 spiro atoms. The van der Waals surface area contributed by atoms with Gasteiger partial charge in [0, 0.05) is 19.4 Å². The molecule has 1 aliphatic heterocycles. The van der Waals surface area contributed by atoms with E-state index in [0.717, 1.165) is 6.42 Å². The molecule has 1 aliphatic rings. The van der Waals surface area contributed by atoms with Crippen LogP contribution in [0.5, 0.6) is 0 Å². The number of ether oxygens (including phenoxy) is 1. The number of unbranched alkanes of at least 4 members (excludes halogenated alkanes) is 1. The van der Waals surface area contributed by atoms with Crippen LogP contribution in [0, 0.1) is 0 Å². The number of carbonyl (C=O) groups excluding carboxylic acids is 1. The molecule has 1 heterocycles. The van der Waals surface area contributed by atoms with Crippen molar-refractivity contribution in [3.8, 4) is 0 Å². The number of hydrogen-bond donors (Lipinski definition) is 2. The lowest BCUT2D eigenvalue weighted by molar-refractivity contribution is -0.137. The molecule has 2 N–H and O–H groups in total. The Labute approximate surface area is 95.2 Å². The summed E-state index contributed by atoms with van der Waals surface area (Å²) in [6.07, 6.45) is 2.54. The number of carbonyl (C=O) groups is 2. The van der Waals surface area contributed by atoms with Gasteiger partial charge in [0.2, 0.25) is 5.91 Å². The van der Waals surface area contributed by atoms with Crippen LogP contribution < -0.4 is 5.32 Å². The second-order valence-corrected chi connectivity index (χ2v) is 4.51. The van der Waals surface area contributed by atoms with Gasteiger partial charge in [-0.25, -0.2) is 0 Å². The van der Waals surface area contributed by atoms with Crippen LogP contribution in [0.3, 0.4) is 0 Å². The van der Waals surface area contributed by atoms with Crippen LogP contribution in [0.15, 0.2) is 0 Å². The SMILES string of the molecule is CC1(NC(=O)CCCCC(=O)O)CCOC1. The summed E-state index contributed by atoms with van der Waals surface area (Å²) >= 11 is 0. The number of hydrogen-bond acceptors (Lipinski definition) is 3. The molecule has 1 atom stereocenters. The summed E-state index contributed by atoms with van der Waals surface area (Å²) < 4.78 is 5.23. The molecule has 5 nitrogen and oxygen atoms in total. The van der Waals surface area contributed by atoms with Crippen LogP contribution in [0.2, 0.25) is 0 Å². The molecular formula is C11H19NO4. The minimum atomic E-state index is -0.809. The van der Waals surface area contributed by atoms with Crippen molar-refractivity contribution in [1.82, 2.24) is 5.32 Å². The van der Waals surface area contributed by atoms with E-state index in [2.05, 4.69) is 5.32 Å². The predicted octanol–water partition coefficient (Wildman–Crippen LogP) is 0.927. The molecule has 0 bridgehead atoms. The van der Waals surface area contributed by atoms with Gasteiger partial charge in [-0.15, -0.1) is 0 Å². The first-order valence-corrected chi connectivity index (χ1v) is 5.62. The number of rotatable bonds is 6. The lowest BCUT2D eigenvalue weighted by atomic mass is 10.0. The lowest BCUT2D eigenvalue weighted by Gasteiger charge is -2.23. The highest BCUT2D eigenvalue weighted by Crippen LogP contribution is 2.17. The Morgan fingerprint density at radius 1 is 1.38 bits per heavy atom. The fraction of sp³-hybridized carbons (Fsp3) is 0.818. The van der Waals surface area contributed by atoms with Gasteiger partial charge in [0.15, 0.2) is 0 Å². The van der Waals surface area contributed by atoms with E-state index in [-0.39, 0.29) is 17.9 Å². The van der Waals surface area contributed by atoms with E-state index >= 15 is 0 Å². The standard InChI is InChI=1S/C11H19NO4/c1-11(6-7-16-8-11)12-9(13)4-2-3-5-10(14)15/h2-8H2,1H3,(H,12,13)(H,14,15). The van der Waals surface area contributed by atoms with Crippen LogP contribution in [0.25, 0.3) is 0 Å². The quantitative estimate of drug-likeness (QED) is 0.664. The molecule has 1 unspecified atom stereocenters. The van der Waals surface area contributed by atoms with Gasteiger partial charge >= 0.3 is 5.97 Å². The highest BCUT2D eigenvalue weighted by atomic mass is 16.5. The molecule has 0 aromatic heterocycles. The van der Waals surface area contributed by atoms with Crippen molar-refractivity contribution in [2.75, 3.05) is 13.2 Å². The summed E-state index contributed by atoms with van der Waals surface area (Å²) in [5.74, 6) is -0.824. The third-order valence-corrected chi connectivity index (χ3v) is 2.70. The first kappa shape index (κ1) is 13.0. The normalized spacial score (nSPS) is 24.3. The van der Waals surface area contributed by atoms with Gasteiger partial charge < -0.3 is 15.2 Å². The zero-order valence-electron chi connectivity index (χ0n) is 9.62. The van der Waals surface area contributed by atoms with E-state index in [1.54, 1.807) is 0 Å². The van der Waals surface area contributed by atoms with Crippen molar-refractivity contribution in [2.45, 2.75) is 44.6 Å². The maximum absolute atomic E-state index is 11.5. The molecular weight excluding hydrogens is 210 g/mol. The summed E-state index contributed by atoms with van der Waals surface area (Å²) in [6, 6.07) is 0. The molecule has 0 saturated carbocycles. The minimum absolute atomic E-state index is 0.0154. The zero-order valence-corrected chi connectivity index (χ0v) is 9.62. The second-order valence-electron chi connectivity index (χ2n) is 4.51. The van der Waals surface area contributed by atoms with Crippen LogP contribution in [0.4, 0.5) is 0 Å². The minimum Gasteiger partial charge on any atom is -0.481 e. The Morgan fingerprint density at radius 3 is 2.62 bits per heavy atom. The van der Waals surface area contributed by atoms with Crippen LogP contribution >= 0.6 is 0 Å². The number of carboxylic acid groups (broad SMARTS) is 1. The zero-order chi connectivity index (χ0) is 12.0. The van der Waals surface area contributed by atoms with Gasteiger partial charge in [-0.3, -0.25) is 9.59 Å². The lowest BCUT2D eigenvalue weighted by Crippen LogP contribution is -2.46. The fourth-order valence-corrected chi connectivity index (χ4v) is 1.73. The van der Waals surface area contributed by atoms with Crippen molar-refractivity contribution in [2.24, 2.45) is 0 Å². The molecule has 1 rings (SSSR count). The Hall–Kier alpha value is -1.10. The average molecular weight is 229 g/mol. The van der Waals surface area contributed by atoms with E-state index < -0.39 is 5.97 Å². The van der Waals surface area contributed by atoms with Gasteiger partial charge in [0.1, 0.15) is 0 Å². The van der Waals surface area contributed by atoms with E-state index in [1.807, 2.05) is 6.92 Å². The van der Waals surface area contributed by atoms with Crippen molar-refractivity contribution in [3.63, 3.8) is 0 Å². The third-order valence-electron chi connectivity index (χ3n) is 2.70. The molecule has 0 radical (unpaired) electrons. The maximum atomic E-state index is 11.5. The van der Waals surface area contributed by atoms with Crippen molar-refractivity contribution >= 4 is 11.9 Å². The first-order chi connectivity index (χ1) is 7.52. The Morgan fingerprint density at radius 2 is 2.06 bits per heavy atom. The monoisotopic (exact) mass is 229 g/mol. The van der Waals surface area contributed by atoms with Crippen molar-refractivity contribution in [1.29, 1.82) is 0 Å². The fourth-order valence-electron chi connectivity index (χ4n) is 1.73. The average Bonchev–Trinajstić information content (AvgIpc) is 2.59.